The minimum Gasteiger partial charge on any atom is -0.379 e. The molecule has 2 N–H and O–H groups in total. The van der Waals surface area contributed by atoms with Crippen LogP contribution in [0.1, 0.15) is 51.9 Å². The number of carbonyl (C=O) groups excluding carboxylic acids is 2. The van der Waals surface area contributed by atoms with E-state index < -0.39 is 0 Å². The molecular weight excluding hydrogens is 476 g/mol. The van der Waals surface area contributed by atoms with Crippen LogP contribution < -0.4 is 5.32 Å². The van der Waals surface area contributed by atoms with Crippen molar-refractivity contribution in [3.8, 4) is 0 Å². The van der Waals surface area contributed by atoms with E-state index in [1.807, 2.05) is 13.0 Å². The van der Waals surface area contributed by atoms with Crippen LogP contribution >= 0.6 is 0 Å². The van der Waals surface area contributed by atoms with E-state index in [0.717, 1.165) is 88.2 Å². The van der Waals surface area contributed by atoms with E-state index in [2.05, 4.69) is 41.1 Å². The Labute approximate surface area is 226 Å². The lowest BCUT2D eigenvalue weighted by Crippen LogP contribution is -2.49. The molecule has 2 saturated heterocycles. The zero-order valence-corrected chi connectivity index (χ0v) is 22.4. The highest BCUT2D eigenvalue weighted by molar-refractivity contribution is 6.21. The van der Waals surface area contributed by atoms with Crippen LogP contribution in [0.15, 0.2) is 76.8 Å². The van der Waals surface area contributed by atoms with Crippen molar-refractivity contribution in [2.45, 2.75) is 58.1 Å². The summed E-state index contributed by atoms with van der Waals surface area (Å²) in [4.78, 5) is 33.6. The average Bonchev–Trinajstić information content (AvgIpc) is 3.10. The van der Waals surface area contributed by atoms with Gasteiger partial charge in [-0.1, -0.05) is 18.7 Å². The van der Waals surface area contributed by atoms with Gasteiger partial charge in [0.15, 0.2) is 5.78 Å². The summed E-state index contributed by atoms with van der Waals surface area (Å²) in [5.74, 6) is 1.63. The molecule has 3 aliphatic heterocycles. The van der Waals surface area contributed by atoms with Crippen LogP contribution in [0.5, 0.6) is 0 Å². The molecule has 2 fully saturated rings. The van der Waals surface area contributed by atoms with Crippen molar-refractivity contribution in [3.05, 3.63) is 71.8 Å². The van der Waals surface area contributed by atoms with Gasteiger partial charge in [0.25, 0.3) is 0 Å². The molecule has 0 spiro atoms. The lowest BCUT2D eigenvalue weighted by Gasteiger charge is -2.39. The number of nitrogens with zero attached hydrogens (tertiary/aromatic N) is 3. The van der Waals surface area contributed by atoms with Gasteiger partial charge in [0.05, 0.1) is 11.6 Å². The largest absolute Gasteiger partial charge is 0.379 e. The minimum atomic E-state index is -0.376. The number of amides is 1. The van der Waals surface area contributed by atoms with Crippen molar-refractivity contribution < 1.29 is 14.7 Å². The first-order valence-electron chi connectivity index (χ1n) is 14.1. The fourth-order valence-corrected chi connectivity index (χ4v) is 6.20. The molecule has 5 rings (SSSR count). The second kappa shape index (κ2) is 11.8. The first-order valence-corrected chi connectivity index (χ1v) is 14.1. The van der Waals surface area contributed by atoms with Crippen LogP contribution in [0, 0.1) is 17.8 Å². The normalized spacial score (nSPS) is 25.6. The van der Waals surface area contributed by atoms with E-state index in [-0.39, 0.29) is 23.8 Å². The Morgan fingerprint density at radius 2 is 2.00 bits per heavy atom. The summed E-state index contributed by atoms with van der Waals surface area (Å²) in [7, 11) is 0. The number of nitrogens with one attached hydrogen (secondary N) is 1. The smallest absolute Gasteiger partial charge is 0.245 e. The van der Waals surface area contributed by atoms with Gasteiger partial charge in [0, 0.05) is 31.9 Å². The van der Waals surface area contributed by atoms with Gasteiger partial charge in [-0.15, -0.1) is 0 Å². The van der Waals surface area contributed by atoms with Crippen LogP contribution in [-0.4, -0.2) is 64.7 Å². The van der Waals surface area contributed by atoms with Crippen LogP contribution in [0.2, 0.25) is 0 Å². The van der Waals surface area contributed by atoms with Gasteiger partial charge >= 0.3 is 0 Å². The Balaban J connectivity index is 1.23. The fourth-order valence-electron chi connectivity index (χ4n) is 6.20. The van der Waals surface area contributed by atoms with E-state index in [4.69, 9.17) is 4.99 Å². The predicted octanol–water partition coefficient (Wildman–Crippen LogP) is 4.02. The lowest BCUT2D eigenvalue weighted by molar-refractivity contribution is -0.132. The third-order valence-corrected chi connectivity index (χ3v) is 8.55. The van der Waals surface area contributed by atoms with Gasteiger partial charge in [-0.05, 0) is 105 Å². The van der Waals surface area contributed by atoms with Gasteiger partial charge in [-0.2, -0.15) is 0 Å². The number of likely N-dealkylation sites (tertiary alicyclic amines) is 2. The van der Waals surface area contributed by atoms with Crippen LogP contribution in [0.3, 0.4) is 0 Å². The van der Waals surface area contributed by atoms with Crippen molar-refractivity contribution in [2.75, 3.05) is 26.2 Å². The molecule has 202 valence electrons. The zero-order chi connectivity index (χ0) is 26.6. The van der Waals surface area contributed by atoms with Gasteiger partial charge < -0.3 is 15.3 Å². The number of ketones is 1. The number of allylic oxidation sites excluding steroid dienone is 9. The molecule has 2 atom stereocenters. The summed E-state index contributed by atoms with van der Waals surface area (Å²) < 4.78 is 0. The maximum absolute atomic E-state index is 12.9. The summed E-state index contributed by atoms with van der Waals surface area (Å²) in [5.41, 5.74) is 4.48. The van der Waals surface area contributed by atoms with Gasteiger partial charge in [-0.3, -0.25) is 14.5 Å². The Bertz CT molecular complexity index is 1140. The summed E-state index contributed by atoms with van der Waals surface area (Å²) in [5, 5.41) is 13.5. The predicted molar refractivity (Wildman–Crippen MR) is 150 cm³/mol. The third kappa shape index (κ3) is 6.00. The first-order chi connectivity index (χ1) is 18.4. The maximum atomic E-state index is 12.9. The summed E-state index contributed by atoms with van der Waals surface area (Å²) in [6, 6.07) is 0. The number of aliphatic hydroxyl groups is 1. The van der Waals surface area contributed by atoms with Crippen molar-refractivity contribution in [2.24, 2.45) is 22.7 Å². The second-order valence-electron chi connectivity index (χ2n) is 11.1. The second-order valence-corrected chi connectivity index (χ2v) is 11.1. The lowest BCUT2D eigenvalue weighted by atomic mass is 9.81. The molecule has 0 aromatic rings. The average molecular weight is 517 g/mol. The van der Waals surface area contributed by atoms with E-state index in [9.17, 15) is 14.7 Å². The first kappa shape index (κ1) is 26.6. The number of aliphatic imine (C=N–C) groups is 1. The molecule has 7 nitrogen and oxygen atoms in total. The molecular formula is C31H40N4O3. The molecule has 3 heterocycles. The molecule has 0 radical (unpaired) electrons. The molecule has 0 saturated carbocycles. The number of fused-ring (bicyclic) bond motifs is 1. The quantitative estimate of drug-likeness (QED) is 0.476. The molecule has 5 aliphatic rings. The third-order valence-electron chi connectivity index (χ3n) is 8.55. The Morgan fingerprint density at radius 1 is 1.21 bits per heavy atom. The van der Waals surface area contributed by atoms with E-state index in [1.165, 1.54) is 17.3 Å². The van der Waals surface area contributed by atoms with Crippen LogP contribution in [0.4, 0.5) is 0 Å². The molecule has 7 heteroatoms. The fraction of sp³-hybridized carbons (Fsp3) is 0.516. The summed E-state index contributed by atoms with van der Waals surface area (Å²) in [6.45, 7) is 8.74. The van der Waals surface area contributed by atoms with Gasteiger partial charge in [0.1, 0.15) is 12.0 Å². The number of hydrogen-bond donors (Lipinski definition) is 2. The molecule has 2 unspecified atom stereocenters. The number of rotatable bonds is 8. The molecule has 0 bridgehead atoms. The maximum Gasteiger partial charge on any atom is 0.245 e. The van der Waals surface area contributed by atoms with E-state index >= 15 is 0 Å². The number of hydrogen-bond acceptors (Lipinski definition) is 6. The summed E-state index contributed by atoms with van der Waals surface area (Å²) >= 11 is 0. The van der Waals surface area contributed by atoms with Crippen LogP contribution in [-0.2, 0) is 9.59 Å². The van der Waals surface area contributed by atoms with Crippen molar-refractivity contribution >= 4 is 17.4 Å². The monoisotopic (exact) mass is 516 g/mol. The number of aliphatic hydroxyl groups excluding tert-OH is 1. The highest BCUT2D eigenvalue weighted by Crippen LogP contribution is 2.32. The number of carbonyl (C=O) groups is 2. The molecule has 2 aliphatic carbocycles. The standard InChI is InChI=1S/C31H40N4O3/c1-3-30(38)35-19-22(20-35)10-12-27-28(37)13-11-24-6-5-9-29(33-31(24)27)32-26-8-4-7-25(18-26)23-14-16-34(17-15-23)21(2)36/h3,6-7,9,11,13,18,21-23,27,32,36H,1,4-5,8,10,12,14-17,19-20H2,2H3. The Kier molecular flexibility index (Phi) is 8.24. The highest BCUT2D eigenvalue weighted by atomic mass is 16.3. The van der Waals surface area contributed by atoms with Crippen molar-refractivity contribution in [1.82, 2.24) is 15.1 Å². The van der Waals surface area contributed by atoms with Crippen molar-refractivity contribution in [3.63, 3.8) is 0 Å². The molecule has 0 aromatic carbocycles. The molecule has 1 amide bonds. The minimum absolute atomic E-state index is 0.0163. The molecule has 0 aromatic heterocycles. The van der Waals surface area contributed by atoms with E-state index in [0.29, 0.717) is 11.8 Å². The number of piperidine rings is 1. The topological polar surface area (TPSA) is 85.2 Å². The van der Waals surface area contributed by atoms with E-state index in [1.54, 1.807) is 11.0 Å². The Hall–Kier alpha value is -3.03. The van der Waals surface area contributed by atoms with Gasteiger partial charge in [-0.25, -0.2) is 4.99 Å². The highest BCUT2D eigenvalue weighted by Gasteiger charge is 2.34. The van der Waals surface area contributed by atoms with Crippen molar-refractivity contribution in [1.29, 1.82) is 0 Å². The molecule has 38 heavy (non-hydrogen) atoms. The Morgan fingerprint density at radius 3 is 2.74 bits per heavy atom. The summed E-state index contributed by atoms with van der Waals surface area (Å²) in [6.07, 6.45) is 20.0. The zero-order valence-electron chi connectivity index (χ0n) is 22.4. The van der Waals surface area contributed by atoms with Crippen LogP contribution in [0.25, 0.3) is 0 Å². The van der Waals surface area contributed by atoms with Gasteiger partial charge in [0.2, 0.25) is 5.91 Å². The SMILES string of the molecule is C=CC(=O)N1CC(CCC2C(=O)C=CC3=CCC=C(NC4=CC(C5CCN(C(C)O)CC5)=CCC4)N=C32)C1.